The molecule has 5 heteroatoms. The van der Waals surface area contributed by atoms with Gasteiger partial charge in [-0.25, -0.2) is 9.69 Å². The van der Waals surface area contributed by atoms with Crippen molar-refractivity contribution in [2.75, 3.05) is 13.8 Å². The molecule has 94 valence electrons. The predicted molar refractivity (Wildman–Crippen MR) is 59.9 cm³/mol. The van der Waals surface area contributed by atoms with Gasteiger partial charge in [-0.2, -0.15) is 0 Å². The molecule has 0 fully saturated rings. The van der Waals surface area contributed by atoms with Crippen molar-refractivity contribution in [3.8, 4) is 0 Å². The second-order valence-electron chi connectivity index (χ2n) is 4.47. The molecule has 0 aromatic carbocycles. The average Bonchev–Trinajstić information content (AvgIpc) is 2.11. The first-order valence-corrected chi connectivity index (χ1v) is 5.34. The molecular formula is C11H21NO4. The van der Waals surface area contributed by atoms with Gasteiger partial charge in [-0.1, -0.05) is 6.92 Å². The van der Waals surface area contributed by atoms with Crippen molar-refractivity contribution >= 4 is 12.0 Å². The van der Waals surface area contributed by atoms with Crippen molar-refractivity contribution in [1.29, 1.82) is 0 Å². The maximum atomic E-state index is 11.7. The van der Waals surface area contributed by atoms with E-state index in [9.17, 15) is 9.59 Å². The minimum atomic E-state index is -0.659. The fraction of sp³-hybridized carbons (Fsp3) is 0.818. The van der Waals surface area contributed by atoms with Gasteiger partial charge in [0, 0.05) is 13.5 Å². The summed E-state index contributed by atoms with van der Waals surface area (Å²) in [6, 6.07) is 0. The number of carbonyl (C=O) groups is 2. The van der Waals surface area contributed by atoms with E-state index in [0.717, 1.165) is 4.90 Å². The lowest BCUT2D eigenvalue weighted by Crippen LogP contribution is -2.41. The Bertz CT molecular complexity index is 245. The highest BCUT2D eigenvalue weighted by Crippen LogP contribution is 2.11. The molecule has 0 aliphatic carbocycles. The molecule has 0 rings (SSSR count). The van der Waals surface area contributed by atoms with Gasteiger partial charge >= 0.3 is 6.09 Å². The van der Waals surface area contributed by atoms with Gasteiger partial charge in [-0.3, -0.25) is 4.79 Å². The first-order valence-electron chi connectivity index (χ1n) is 5.34. The van der Waals surface area contributed by atoms with E-state index in [2.05, 4.69) is 0 Å². The highest BCUT2D eigenvalue weighted by Gasteiger charge is 2.26. The van der Waals surface area contributed by atoms with Gasteiger partial charge in [0.2, 0.25) is 5.91 Å². The Balaban J connectivity index is 4.52. The molecule has 0 spiro atoms. The van der Waals surface area contributed by atoms with Gasteiger partial charge in [0.1, 0.15) is 12.3 Å². The van der Waals surface area contributed by atoms with Gasteiger partial charge in [0.05, 0.1) is 0 Å². The van der Waals surface area contributed by atoms with Crippen molar-refractivity contribution in [2.24, 2.45) is 0 Å². The van der Waals surface area contributed by atoms with Crippen molar-refractivity contribution in [3.05, 3.63) is 0 Å². The molecule has 0 aliphatic rings. The lowest BCUT2D eigenvalue weighted by atomic mass is 10.2. The summed E-state index contributed by atoms with van der Waals surface area (Å²) >= 11 is 0. The summed E-state index contributed by atoms with van der Waals surface area (Å²) in [5, 5.41) is 0. The Morgan fingerprint density at radius 3 is 2.19 bits per heavy atom. The third-order valence-electron chi connectivity index (χ3n) is 1.64. The van der Waals surface area contributed by atoms with E-state index in [1.54, 1.807) is 20.8 Å². The van der Waals surface area contributed by atoms with Crippen molar-refractivity contribution in [1.82, 2.24) is 4.90 Å². The molecule has 0 atom stereocenters. The second-order valence-corrected chi connectivity index (χ2v) is 4.47. The summed E-state index contributed by atoms with van der Waals surface area (Å²) in [7, 11) is 1.43. The SMILES string of the molecule is CCCC(=O)N(COC)C(=O)OC(C)(C)C. The van der Waals surface area contributed by atoms with Crippen LogP contribution >= 0.6 is 0 Å². The van der Waals surface area contributed by atoms with E-state index in [0.29, 0.717) is 12.8 Å². The molecule has 2 amide bonds. The predicted octanol–water partition coefficient (Wildman–Crippen LogP) is 2.15. The molecule has 16 heavy (non-hydrogen) atoms. The molecule has 0 aromatic heterocycles. The first kappa shape index (κ1) is 14.9. The summed E-state index contributed by atoms with van der Waals surface area (Å²) < 4.78 is 9.92. The molecule has 0 aromatic rings. The van der Waals surface area contributed by atoms with Crippen LogP contribution in [0.1, 0.15) is 40.5 Å². The van der Waals surface area contributed by atoms with Crippen LogP contribution in [0, 0.1) is 0 Å². The Morgan fingerprint density at radius 1 is 1.25 bits per heavy atom. The van der Waals surface area contributed by atoms with Gasteiger partial charge in [0.25, 0.3) is 0 Å². The number of imide groups is 1. The Labute approximate surface area is 96.7 Å². The Kier molecular flexibility index (Phi) is 6.03. The zero-order valence-corrected chi connectivity index (χ0v) is 10.7. The number of ether oxygens (including phenoxy) is 2. The maximum Gasteiger partial charge on any atom is 0.418 e. The Morgan fingerprint density at radius 2 is 1.81 bits per heavy atom. The normalized spacial score (nSPS) is 11.1. The van der Waals surface area contributed by atoms with Crippen LogP contribution in [0.2, 0.25) is 0 Å². The van der Waals surface area contributed by atoms with E-state index in [-0.39, 0.29) is 12.6 Å². The van der Waals surface area contributed by atoms with Crippen LogP contribution in [0.4, 0.5) is 4.79 Å². The quantitative estimate of drug-likeness (QED) is 0.696. The first-order chi connectivity index (χ1) is 7.31. The topological polar surface area (TPSA) is 55.8 Å². The van der Waals surface area contributed by atoms with Gasteiger partial charge in [0.15, 0.2) is 0 Å². The van der Waals surface area contributed by atoms with Crippen LogP contribution in [0.3, 0.4) is 0 Å². The third kappa shape index (κ3) is 5.70. The van der Waals surface area contributed by atoms with Crippen LogP contribution in [-0.2, 0) is 14.3 Å². The van der Waals surface area contributed by atoms with Crippen LogP contribution < -0.4 is 0 Å². The minimum absolute atomic E-state index is 0.0756. The number of carbonyl (C=O) groups excluding carboxylic acids is 2. The monoisotopic (exact) mass is 231 g/mol. The molecule has 0 radical (unpaired) electrons. The highest BCUT2D eigenvalue weighted by atomic mass is 16.6. The number of rotatable bonds is 4. The van der Waals surface area contributed by atoms with Gasteiger partial charge in [-0.05, 0) is 27.2 Å². The number of hydrogen-bond donors (Lipinski definition) is 0. The molecule has 5 nitrogen and oxygen atoms in total. The fourth-order valence-electron chi connectivity index (χ4n) is 1.02. The van der Waals surface area contributed by atoms with E-state index in [4.69, 9.17) is 9.47 Å². The standard InChI is InChI=1S/C11H21NO4/c1-6-7-9(13)12(8-15-5)10(14)16-11(2,3)4/h6-8H2,1-5H3. The Hall–Kier alpha value is -1.10. The third-order valence-corrected chi connectivity index (χ3v) is 1.64. The smallest absolute Gasteiger partial charge is 0.418 e. The molecule has 0 saturated carbocycles. The number of hydrogen-bond acceptors (Lipinski definition) is 4. The van der Waals surface area contributed by atoms with Crippen LogP contribution in [0.15, 0.2) is 0 Å². The van der Waals surface area contributed by atoms with Crippen LogP contribution in [0.5, 0.6) is 0 Å². The molecule has 0 N–H and O–H groups in total. The lowest BCUT2D eigenvalue weighted by Gasteiger charge is -2.25. The minimum Gasteiger partial charge on any atom is -0.443 e. The summed E-state index contributed by atoms with van der Waals surface area (Å²) in [6.07, 6.45) is 0.331. The van der Waals surface area contributed by atoms with E-state index in [1.807, 2.05) is 6.92 Å². The zero-order chi connectivity index (χ0) is 12.8. The summed E-state index contributed by atoms with van der Waals surface area (Å²) in [4.78, 5) is 24.3. The van der Waals surface area contributed by atoms with E-state index in [1.165, 1.54) is 7.11 Å². The highest BCUT2D eigenvalue weighted by molar-refractivity contribution is 5.91. The largest absolute Gasteiger partial charge is 0.443 e. The van der Waals surface area contributed by atoms with E-state index >= 15 is 0 Å². The van der Waals surface area contributed by atoms with Crippen molar-refractivity contribution < 1.29 is 19.1 Å². The molecule has 0 unspecified atom stereocenters. The van der Waals surface area contributed by atoms with Crippen LogP contribution in [-0.4, -0.2) is 36.3 Å². The van der Waals surface area contributed by atoms with Crippen molar-refractivity contribution in [3.63, 3.8) is 0 Å². The maximum absolute atomic E-state index is 11.7. The number of amides is 2. The van der Waals surface area contributed by atoms with Gasteiger partial charge < -0.3 is 9.47 Å². The molecule has 0 heterocycles. The molecular weight excluding hydrogens is 210 g/mol. The van der Waals surface area contributed by atoms with E-state index < -0.39 is 11.7 Å². The van der Waals surface area contributed by atoms with Crippen LogP contribution in [0.25, 0.3) is 0 Å². The second kappa shape index (κ2) is 6.48. The summed E-state index contributed by atoms with van der Waals surface area (Å²) in [6.45, 7) is 7.05. The van der Waals surface area contributed by atoms with Gasteiger partial charge in [-0.15, -0.1) is 0 Å². The molecule has 0 bridgehead atoms. The lowest BCUT2D eigenvalue weighted by molar-refractivity contribution is -0.134. The fourth-order valence-corrected chi connectivity index (χ4v) is 1.02. The van der Waals surface area contributed by atoms with Crippen molar-refractivity contribution in [2.45, 2.75) is 46.1 Å². The number of nitrogens with zero attached hydrogens (tertiary/aromatic N) is 1. The summed E-state index contributed by atoms with van der Waals surface area (Å²) in [5.74, 6) is -0.279. The molecule has 0 saturated heterocycles. The number of methoxy groups -OCH3 is 1. The molecule has 0 aliphatic heterocycles. The summed E-state index contributed by atoms with van der Waals surface area (Å²) in [5.41, 5.74) is -0.616. The zero-order valence-electron chi connectivity index (χ0n) is 10.7. The average molecular weight is 231 g/mol.